The van der Waals surface area contributed by atoms with E-state index in [1.165, 1.54) is 6.26 Å². The van der Waals surface area contributed by atoms with Crippen molar-refractivity contribution in [2.24, 2.45) is 0 Å². The molecule has 3 aromatic heterocycles. The molecule has 3 aromatic rings. The fourth-order valence-corrected chi connectivity index (χ4v) is 1.88. The number of aromatic nitrogens is 3. The summed E-state index contributed by atoms with van der Waals surface area (Å²) in [5.74, 6) is 0.668. The summed E-state index contributed by atoms with van der Waals surface area (Å²) in [6.07, 6.45) is 3.40. The lowest BCUT2D eigenvalue weighted by molar-refractivity contribution is 0.0943. The Balaban J connectivity index is 1.56. The molecule has 108 valence electrons. The van der Waals surface area contributed by atoms with Crippen LogP contribution in [-0.2, 0) is 6.54 Å². The minimum Gasteiger partial charge on any atom is -0.461 e. The summed E-state index contributed by atoms with van der Waals surface area (Å²) in [6.45, 7) is 2.98. The molecule has 0 radical (unpaired) electrons. The molecule has 0 aromatic carbocycles. The Kier molecular flexibility index (Phi) is 3.55. The van der Waals surface area contributed by atoms with E-state index >= 15 is 0 Å². The van der Waals surface area contributed by atoms with E-state index in [2.05, 4.69) is 15.6 Å². The third kappa shape index (κ3) is 3.02. The van der Waals surface area contributed by atoms with Crippen LogP contribution in [0.15, 0.2) is 45.7 Å². The van der Waals surface area contributed by atoms with Gasteiger partial charge in [-0.2, -0.15) is 5.10 Å². The van der Waals surface area contributed by atoms with Gasteiger partial charge in [0, 0.05) is 18.8 Å². The van der Waals surface area contributed by atoms with E-state index in [0.29, 0.717) is 24.6 Å². The lowest BCUT2D eigenvalue weighted by Gasteiger charge is -2.02. The maximum Gasteiger partial charge on any atom is 0.273 e. The van der Waals surface area contributed by atoms with Gasteiger partial charge in [0.1, 0.15) is 0 Å². The molecule has 0 aliphatic rings. The monoisotopic (exact) mass is 286 g/mol. The highest BCUT2D eigenvalue weighted by Gasteiger charge is 2.14. The highest BCUT2D eigenvalue weighted by molar-refractivity contribution is 5.92. The molecule has 0 aliphatic heterocycles. The number of furan rings is 1. The first kappa shape index (κ1) is 13.2. The normalized spacial score (nSPS) is 10.7. The second kappa shape index (κ2) is 5.66. The summed E-state index contributed by atoms with van der Waals surface area (Å²) in [5, 5.41) is 10.7. The van der Waals surface area contributed by atoms with Crippen LogP contribution >= 0.6 is 0 Å². The first-order valence-electron chi connectivity index (χ1n) is 6.51. The molecule has 0 unspecified atom stereocenters. The quantitative estimate of drug-likeness (QED) is 0.773. The Morgan fingerprint density at radius 3 is 3.00 bits per heavy atom. The van der Waals surface area contributed by atoms with Crippen LogP contribution in [0.4, 0.5) is 0 Å². The number of carbonyl (C=O) groups excluding carboxylic acids is 1. The summed E-state index contributed by atoms with van der Waals surface area (Å²) in [4.78, 5) is 11.9. The summed E-state index contributed by atoms with van der Waals surface area (Å²) < 4.78 is 12.0. The van der Waals surface area contributed by atoms with Crippen molar-refractivity contribution in [2.75, 3.05) is 6.54 Å². The van der Waals surface area contributed by atoms with Crippen LogP contribution in [0, 0.1) is 6.92 Å². The molecule has 0 saturated carbocycles. The predicted molar refractivity (Wildman–Crippen MR) is 73.5 cm³/mol. The number of hydrogen-bond donors (Lipinski definition) is 1. The third-order valence-corrected chi connectivity index (χ3v) is 2.91. The minimum absolute atomic E-state index is 0.220. The van der Waals surface area contributed by atoms with Crippen LogP contribution in [0.5, 0.6) is 0 Å². The van der Waals surface area contributed by atoms with E-state index < -0.39 is 0 Å². The van der Waals surface area contributed by atoms with Crippen LogP contribution in [0.2, 0.25) is 0 Å². The second-order valence-electron chi connectivity index (χ2n) is 4.53. The van der Waals surface area contributed by atoms with Crippen LogP contribution in [0.3, 0.4) is 0 Å². The van der Waals surface area contributed by atoms with E-state index in [1.54, 1.807) is 22.9 Å². The molecule has 0 atom stereocenters. The Morgan fingerprint density at radius 2 is 2.29 bits per heavy atom. The number of carbonyl (C=O) groups is 1. The van der Waals surface area contributed by atoms with Gasteiger partial charge in [-0.15, -0.1) is 0 Å². The smallest absolute Gasteiger partial charge is 0.273 e. The molecular formula is C14H14N4O3. The van der Waals surface area contributed by atoms with Crippen molar-refractivity contribution in [3.05, 3.63) is 48.1 Å². The molecule has 0 bridgehead atoms. The van der Waals surface area contributed by atoms with Crippen molar-refractivity contribution in [1.82, 2.24) is 20.3 Å². The Bertz CT molecular complexity index is 727. The van der Waals surface area contributed by atoms with Crippen LogP contribution in [0.25, 0.3) is 11.5 Å². The van der Waals surface area contributed by atoms with Crippen molar-refractivity contribution in [1.29, 1.82) is 0 Å². The molecule has 1 amide bonds. The van der Waals surface area contributed by atoms with Gasteiger partial charge >= 0.3 is 0 Å². The zero-order valence-electron chi connectivity index (χ0n) is 11.4. The van der Waals surface area contributed by atoms with Crippen LogP contribution in [-0.4, -0.2) is 27.4 Å². The summed E-state index contributed by atoms with van der Waals surface area (Å²) in [6, 6.07) is 6.94. The Morgan fingerprint density at radius 1 is 1.38 bits per heavy atom. The number of hydrogen-bond acceptors (Lipinski definition) is 5. The van der Waals surface area contributed by atoms with Crippen molar-refractivity contribution in [3.63, 3.8) is 0 Å². The minimum atomic E-state index is -0.291. The zero-order chi connectivity index (χ0) is 14.7. The number of nitrogens with one attached hydrogen (secondary N) is 1. The van der Waals surface area contributed by atoms with Gasteiger partial charge in [-0.05, 0) is 25.1 Å². The number of amides is 1. The SMILES string of the molecule is Cc1ccn(CCNC(=O)c2cc(-c3ccco3)on2)n1. The molecule has 0 aliphatic carbocycles. The van der Waals surface area contributed by atoms with Gasteiger partial charge in [-0.1, -0.05) is 5.16 Å². The zero-order valence-corrected chi connectivity index (χ0v) is 11.4. The van der Waals surface area contributed by atoms with Crippen molar-refractivity contribution < 1.29 is 13.7 Å². The molecule has 21 heavy (non-hydrogen) atoms. The van der Waals surface area contributed by atoms with E-state index in [-0.39, 0.29) is 11.6 Å². The molecule has 0 fully saturated rings. The maximum absolute atomic E-state index is 11.9. The average Bonchev–Trinajstić information content (AvgIpc) is 3.19. The molecule has 1 N–H and O–H groups in total. The van der Waals surface area contributed by atoms with E-state index in [9.17, 15) is 4.79 Å². The van der Waals surface area contributed by atoms with E-state index in [1.807, 2.05) is 19.2 Å². The molecule has 0 saturated heterocycles. The van der Waals surface area contributed by atoms with E-state index in [0.717, 1.165) is 5.69 Å². The molecule has 0 spiro atoms. The standard InChI is InChI=1S/C14H14N4O3/c1-10-4-6-18(16-10)7-5-15-14(19)11-9-13(21-17-11)12-3-2-8-20-12/h2-4,6,8-9H,5,7H2,1H3,(H,15,19). The molecule has 3 rings (SSSR count). The van der Waals surface area contributed by atoms with E-state index in [4.69, 9.17) is 8.94 Å². The largest absolute Gasteiger partial charge is 0.461 e. The number of nitrogens with zero attached hydrogens (tertiary/aromatic N) is 3. The van der Waals surface area contributed by atoms with Gasteiger partial charge in [0.25, 0.3) is 5.91 Å². The Labute approximate surface area is 120 Å². The first-order chi connectivity index (χ1) is 10.2. The molecule has 3 heterocycles. The van der Waals surface area contributed by atoms with Crippen molar-refractivity contribution in [3.8, 4) is 11.5 Å². The highest BCUT2D eigenvalue weighted by atomic mass is 16.5. The molecule has 7 heteroatoms. The lowest BCUT2D eigenvalue weighted by Crippen LogP contribution is -2.27. The predicted octanol–water partition coefficient (Wildman–Crippen LogP) is 1.87. The van der Waals surface area contributed by atoms with Gasteiger partial charge in [0.2, 0.25) is 5.76 Å². The summed E-state index contributed by atoms with van der Waals surface area (Å²) in [5.41, 5.74) is 1.17. The topological polar surface area (TPSA) is 86.1 Å². The Hall–Kier alpha value is -2.83. The molecular weight excluding hydrogens is 272 g/mol. The molecule has 7 nitrogen and oxygen atoms in total. The van der Waals surface area contributed by atoms with Crippen LogP contribution < -0.4 is 5.32 Å². The highest BCUT2D eigenvalue weighted by Crippen LogP contribution is 2.20. The van der Waals surface area contributed by atoms with Crippen LogP contribution in [0.1, 0.15) is 16.2 Å². The maximum atomic E-state index is 11.9. The van der Waals surface area contributed by atoms with Crippen molar-refractivity contribution in [2.45, 2.75) is 13.5 Å². The average molecular weight is 286 g/mol. The first-order valence-corrected chi connectivity index (χ1v) is 6.51. The van der Waals surface area contributed by atoms with Crippen molar-refractivity contribution >= 4 is 5.91 Å². The fourth-order valence-electron chi connectivity index (χ4n) is 1.88. The third-order valence-electron chi connectivity index (χ3n) is 2.91. The number of aryl methyl sites for hydroxylation is 1. The summed E-state index contributed by atoms with van der Waals surface area (Å²) in [7, 11) is 0. The van der Waals surface area contributed by atoms with Gasteiger partial charge in [-0.25, -0.2) is 0 Å². The lowest BCUT2D eigenvalue weighted by atomic mass is 10.3. The van der Waals surface area contributed by atoms with Gasteiger partial charge < -0.3 is 14.3 Å². The fraction of sp³-hybridized carbons (Fsp3) is 0.214. The van der Waals surface area contributed by atoms with Gasteiger partial charge in [0.15, 0.2) is 11.5 Å². The second-order valence-corrected chi connectivity index (χ2v) is 4.53. The van der Waals surface area contributed by atoms with Gasteiger partial charge in [0.05, 0.1) is 18.5 Å². The summed E-state index contributed by atoms with van der Waals surface area (Å²) >= 11 is 0. The number of rotatable bonds is 5. The van der Waals surface area contributed by atoms with Gasteiger partial charge in [-0.3, -0.25) is 9.48 Å².